The van der Waals surface area contributed by atoms with Crippen molar-refractivity contribution in [1.29, 1.82) is 0 Å². The van der Waals surface area contributed by atoms with Crippen LogP contribution < -0.4 is 34.0 Å². The summed E-state index contributed by atoms with van der Waals surface area (Å²) in [6.07, 6.45) is 0.354. The number of hydrogen-bond acceptors (Lipinski definition) is 1. The molecule has 0 heterocycles. The molecule has 0 saturated carbocycles. The Kier molecular flexibility index (Phi) is 14.1. The van der Waals surface area contributed by atoms with Gasteiger partial charge < -0.3 is 47.7 Å². The summed E-state index contributed by atoms with van der Waals surface area (Å²) in [4.78, 5) is 0. The van der Waals surface area contributed by atoms with Gasteiger partial charge in [-0.25, -0.2) is 0 Å². The van der Waals surface area contributed by atoms with E-state index in [4.69, 9.17) is 4.74 Å². The van der Waals surface area contributed by atoms with Gasteiger partial charge in [0.2, 0.25) is 0 Å². The maximum absolute atomic E-state index is 5.89. The van der Waals surface area contributed by atoms with Gasteiger partial charge in [-0.1, -0.05) is 0 Å². The second-order valence-corrected chi connectivity index (χ2v) is 6.09. The maximum Gasteiger partial charge on any atom is 0.105 e. The lowest BCUT2D eigenvalue weighted by Crippen LogP contribution is -3.00. The van der Waals surface area contributed by atoms with Crippen LogP contribution in [0, 0.1) is 0 Å². The molecule has 0 aromatic carbocycles. The van der Waals surface area contributed by atoms with Gasteiger partial charge >= 0.3 is 0 Å². The summed E-state index contributed by atoms with van der Waals surface area (Å²) in [5.74, 6) is 0. The Hall–Kier alpha value is 0.840. The zero-order valence-corrected chi connectivity index (χ0v) is 16.3. The lowest BCUT2D eigenvalue weighted by Gasteiger charge is -2.32. The second kappa shape index (κ2) is 10.6. The van der Waals surface area contributed by atoms with E-state index in [1.54, 1.807) is 0 Å². The van der Waals surface area contributed by atoms with E-state index in [1.807, 2.05) is 0 Å². The third kappa shape index (κ3) is 11.9. The Morgan fingerprint density at radius 1 is 0.889 bits per heavy atom. The van der Waals surface area contributed by atoms with Crippen molar-refractivity contribution in [1.82, 2.24) is 0 Å². The Morgan fingerprint density at radius 3 is 1.72 bits per heavy atom. The highest BCUT2D eigenvalue weighted by Gasteiger charge is 2.18. The Morgan fingerprint density at radius 2 is 1.33 bits per heavy atom. The summed E-state index contributed by atoms with van der Waals surface area (Å²) >= 11 is 0. The fourth-order valence-corrected chi connectivity index (χ4v) is 1.54. The first-order chi connectivity index (χ1) is 7.22. The molecule has 0 aliphatic carbocycles. The molecule has 0 rings (SSSR count). The number of ether oxygens (including phenoxy) is 1. The van der Waals surface area contributed by atoms with Crippen LogP contribution in [0.15, 0.2) is 0 Å². The van der Waals surface area contributed by atoms with Crippen molar-refractivity contribution >= 4 is 0 Å². The molecule has 114 valence electrons. The molecular formula is C13H32Br2N2O. The molecule has 0 aromatic heterocycles. The first kappa shape index (κ1) is 23.9. The van der Waals surface area contributed by atoms with Crippen LogP contribution in [0.4, 0.5) is 0 Å². The molecule has 3 nitrogen and oxygen atoms in total. The Balaban J connectivity index is -0.00000112. The third-order valence-electron chi connectivity index (χ3n) is 3.56. The molecule has 0 N–H and O–H groups in total. The first-order valence-corrected chi connectivity index (χ1v) is 6.48. The van der Waals surface area contributed by atoms with Crippen molar-refractivity contribution in [2.75, 3.05) is 61.0 Å². The number of likely N-dealkylation sites (N-methyl/N-ethyl adjacent to an activating group) is 2. The van der Waals surface area contributed by atoms with Gasteiger partial charge in [0.25, 0.3) is 0 Å². The standard InChI is InChI=1S/C13H32N2O.2BrH/c1-8-14(4,5)10-11-16-13(3)12-15(6,7)9-2;;/h13H,8-12H2,1-7H3;2*1H/q+2;;/p-2. The number of nitrogens with zero attached hydrogens (tertiary/aromatic N) is 2. The van der Waals surface area contributed by atoms with Gasteiger partial charge in [-0.05, 0) is 20.8 Å². The smallest absolute Gasteiger partial charge is 0.105 e. The van der Waals surface area contributed by atoms with E-state index in [9.17, 15) is 0 Å². The van der Waals surface area contributed by atoms with Gasteiger partial charge in [0.1, 0.15) is 19.2 Å². The van der Waals surface area contributed by atoms with E-state index < -0.39 is 0 Å². The molecule has 5 heteroatoms. The molecule has 0 aliphatic heterocycles. The minimum Gasteiger partial charge on any atom is -1.00 e. The number of hydrogen-bond donors (Lipinski definition) is 0. The first-order valence-electron chi connectivity index (χ1n) is 6.48. The van der Waals surface area contributed by atoms with Gasteiger partial charge in [-0.2, -0.15) is 0 Å². The van der Waals surface area contributed by atoms with Gasteiger partial charge in [-0.15, -0.1) is 0 Å². The highest BCUT2D eigenvalue weighted by Crippen LogP contribution is 2.03. The quantitative estimate of drug-likeness (QED) is 0.379. The van der Waals surface area contributed by atoms with Crippen LogP contribution in [0.2, 0.25) is 0 Å². The summed E-state index contributed by atoms with van der Waals surface area (Å²) < 4.78 is 7.96. The lowest BCUT2D eigenvalue weighted by molar-refractivity contribution is -0.894. The lowest BCUT2D eigenvalue weighted by atomic mass is 10.3. The van der Waals surface area contributed by atoms with E-state index in [0.29, 0.717) is 6.10 Å². The fraction of sp³-hybridized carbons (Fsp3) is 1.00. The molecule has 0 amide bonds. The number of quaternary nitrogens is 2. The van der Waals surface area contributed by atoms with Gasteiger partial charge in [-0.3, -0.25) is 0 Å². The summed E-state index contributed by atoms with van der Waals surface area (Å²) in [6.45, 7) is 12.0. The highest BCUT2D eigenvalue weighted by atomic mass is 79.9. The van der Waals surface area contributed by atoms with E-state index in [2.05, 4.69) is 49.0 Å². The second-order valence-electron chi connectivity index (χ2n) is 6.09. The van der Waals surface area contributed by atoms with Crippen molar-refractivity contribution in [3.8, 4) is 0 Å². The predicted molar refractivity (Wildman–Crippen MR) is 70.4 cm³/mol. The molecule has 1 atom stereocenters. The average molecular weight is 392 g/mol. The van der Waals surface area contributed by atoms with Crippen LogP contribution in [0.1, 0.15) is 20.8 Å². The molecule has 0 aliphatic rings. The van der Waals surface area contributed by atoms with E-state index >= 15 is 0 Å². The molecule has 0 saturated heterocycles. The molecule has 0 radical (unpaired) electrons. The Labute approximate surface area is 135 Å². The van der Waals surface area contributed by atoms with Crippen molar-refractivity contribution in [2.45, 2.75) is 26.9 Å². The molecule has 0 spiro atoms. The van der Waals surface area contributed by atoms with Crippen molar-refractivity contribution < 1.29 is 47.7 Å². The monoisotopic (exact) mass is 390 g/mol. The van der Waals surface area contributed by atoms with Gasteiger partial charge in [0, 0.05) is 0 Å². The summed E-state index contributed by atoms with van der Waals surface area (Å²) in [5, 5.41) is 0. The Bertz CT molecular complexity index is 199. The molecule has 1 unspecified atom stereocenters. The molecule has 0 aromatic rings. The maximum atomic E-state index is 5.89. The SMILES string of the molecule is CC[N+](C)(C)CCOC(C)C[N+](C)(C)CC.[Br-].[Br-]. The average Bonchev–Trinajstić information content (AvgIpc) is 2.17. The highest BCUT2D eigenvalue weighted by molar-refractivity contribution is 4.47. The zero-order chi connectivity index (χ0) is 12.8. The minimum atomic E-state index is 0. The van der Waals surface area contributed by atoms with Crippen molar-refractivity contribution in [3.63, 3.8) is 0 Å². The summed E-state index contributed by atoms with van der Waals surface area (Å²) in [5.41, 5.74) is 0. The van der Waals surface area contributed by atoms with E-state index in [0.717, 1.165) is 41.8 Å². The van der Waals surface area contributed by atoms with Crippen molar-refractivity contribution in [3.05, 3.63) is 0 Å². The van der Waals surface area contributed by atoms with Gasteiger partial charge in [0.15, 0.2) is 0 Å². The van der Waals surface area contributed by atoms with Crippen LogP contribution in [-0.2, 0) is 4.74 Å². The number of rotatable bonds is 8. The predicted octanol–water partition coefficient (Wildman–Crippen LogP) is -4.41. The number of halogens is 2. The zero-order valence-electron chi connectivity index (χ0n) is 13.2. The molecule has 0 fully saturated rings. The largest absolute Gasteiger partial charge is 1.00 e. The normalized spacial score (nSPS) is 13.5. The van der Waals surface area contributed by atoms with Crippen LogP contribution in [0.3, 0.4) is 0 Å². The summed E-state index contributed by atoms with van der Waals surface area (Å²) in [7, 11) is 9.01. The molecular weight excluding hydrogens is 360 g/mol. The topological polar surface area (TPSA) is 9.23 Å². The third-order valence-corrected chi connectivity index (χ3v) is 3.56. The molecule has 0 bridgehead atoms. The summed E-state index contributed by atoms with van der Waals surface area (Å²) in [6, 6.07) is 0. The minimum absolute atomic E-state index is 0. The molecule has 18 heavy (non-hydrogen) atoms. The van der Waals surface area contributed by atoms with Crippen LogP contribution in [0.5, 0.6) is 0 Å². The van der Waals surface area contributed by atoms with Crippen molar-refractivity contribution in [2.24, 2.45) is 0 Å². The van der Waals surface area contributed by atoms with Crippen LogP contribution in [0.25, 0.3) is 0 Å². The van der Waals surface area contributed by atoms with Crippen LogP contribution in [-0.4, -0.2) is 76.0 Å². The van der Waals surface area contributed by atoms with Gasteiger partial charge in [0.05, 0.1) is 47.9 Å². The van der Waals surface area contributed by atoms with E-state index in [1.165, 1.54) is 0 Å². The van der Waals surface area contributed by atoms with Crippen LogP contribution >= 0.6 is 0 Å². The van der Waals surface area contributed by atoms with E-state index in [-0.39, 0.29) is 34.0 Å². The fourth-order valence-electron chi connectivity index (χ4n) is 1.54.